The highest BCUT2D eigenvalue weighted by Gasteiger charge is 2.30. The van der Waals surface area contributed by atoms with Crippen LogP contribution in [0.2, 0.25) is 0 Å². The quantitative estimate of drug-likeness (QED) is 0.492. The highest BCUT2D eigenvalue weighted by molar-refractivity contribution is 7.95. The number of hydrogen-bond acceptors (Lipinski definition) is 7. The van der Waals surface area contributed by atoms with E-state index in [0.29, 0.717) is 16.8 Å². The first-order valence-corrected chi connectivity index (χ1v) is 11.5. The minimum absolute atomic E-state index is 0.125. The maximum absolute atomic E-state index is 12.7. The molecule has 8 heteroatoms. The van der Waals surface area contributed by atoms with Gasteiger partial charge in [-0.2, -0.15) is 0 Å². The van der Waals surface area contributed by atoms with Crippen molar-refractivity contribution < 1.29 is 13.2 Å². The molecule has 0 atom stereocenters. The van der Waals surface area contributed by atoms with E-state index in [1.807, 2.05) is 43.6 Å². The predicted octanol–water partition coefficient (Wildman–Crippen LogP) is 5.10. The molecule has 0 saturated heterocycles. The number of anilines is 2. The summed E-state index contributed by atoms with van der Waals surface area (Å²) in [6, 6.07) is 11.2. The lowest BCUT2D eigenvalue weighted by atomic mass is 10.1. The number of sulfone groups is 1. The van der Waals surface area contributed by atoms with E-state index in [2.05, 4.69) is 15.3 Å². The summed E-state index contributed by atoms with van der Waals surface area (Å²) in [5.74, 6) is 0.367. The van der Waals surface area contributed by atoms with E-state index >= 15 is 0 Å². The van der Waals surface area contributed by atoms with Crippen LogP contribution in [0, 0.1) is 0 Å². The van der Waals surface area contributed by atoms with E-state index < -0.39 is 9.84 Å². The Labute approximate surface area is 171 Å². The maximum Gasteiger partial charge on any atom is 0.204 e. The van der Waals surface area contributed by atoms with Crippen molar-refractivity contribution in [2.45, 2.75) is 24.8 Å². The highest BCUT2D eigenvalue weighted by atomic mass is 32.2. The molecule has 2 aromatic heterocycles. The second kappa shape index (κ2) is 6.53. The monoisotopic (exact) mass is 423 g/mol. The van der Waals surface area contributed by atoms with Crippen LogP contribution in [0.4, 0.5) is 11.4 Å². The number of nitrogens with one attached hydrogen (secondary N) is 1. The molecule has 4 aromatic rings. The molecule has 1 aliphatic heterocycles. The fraction of sp³-hybridized carbons (Fsp3) is 0.143. The Kier molecular flexibility index (Phi) is 4.07. The third-order valence-corrected chi connectivity index (χ3v) is 6.93. The van der Waals surface area contributed by atoms with Crippen molar-refractivity contribution in [3.63, 3.8) is 0 Å². The topological polar surface area (TPSA) is 81.2 Å². The Bertz CT molecular complexity index is 1410. The normalized spacial score (nSPS) is 14.9. The largest absolute Gasteiger partial charge is 0.490 e. The van der Waals surface area contributed by atoms with Gasteiger partial charge in [0.25, 0.3) is 0 Å². The fourth-order valence-corrected chi connectivity index (χ4v) is 5.41. The SMILES string of the molecule is CC(C)OC1=CS(=O)(=O)c2cc3c(Nc4ccc5scnc5c4)ccnc3cc21. The van der Waals surface area contributed by atoms with E-state index in [0.717, 1.165) is 27.0 Å². The van der Waals surface area contributed by atoms with E-state index in [1.165, 1.54) is 5.41 Å². The molecule has 29 heavy (non-hydrogen) atoms. The van der Waals surface area contributed by atoms with Gasteiger partial charge in [-0.15, -0.1) is 11.3 Å². The third kappa shape index (κ3) is 3.14. The van der Waals surface area contributed by atoms with Crippen LogP contribution in [-0.4, -0.2) is 24.5 Å². The lowest BCUT2D eigenvalue weighted by molar-refractivity contribution is 0.204. The summed E-state index contributed by atoms with van der Waals surface area (Å²) in [7, 11) is -3.55. The van der Waals surface area contributed by atoms with Crippen LogP contribution in [0.1, 0.15) is 19.4 Å². The molecule has 3 heterocycles. The average molecular weight is 424 g/mol. The Hall–Kier alpha value is -2.97. The summed E-state index contributed by atoms with van der Waals surface area (Å²) in [6.07, 6.45) is 1.58. The zero-order valence-electron chi connectivity index (χ0n) is 15.7. The Balaban J connectivity index is 1.62. The second-order valence-electron chi connectivity index (χ2n) is 7.08. The highest BCUT2D eigenvalue weighted by Crippen LogP contribution is 2.39. The van der Waals surface area contributed by atoms with Gasteiger partial charge >= 0.3 is 0 Å². The Morgan fingerprint density at radius 1 is 1.07 bits per heavy atom. The van der Waals surface area contributed by atoms with Crippen molar-refractivity contribution in [2.75, 3.05) is 5.32 Å². The zero-order chi connectivity index (χ0) is 20.2. The van der Waals surface area contributed by atoms with Crippen LogP contribution in [0.15, 0.2) is 58.4 Å². The number of fused-ring (bicyclic) bond motifs is 3. The van der Waals surface area contributed by atoms with Crippen LogP contribution < -0.4 is 5.32 Å². The average Bonchev–Trinajstić information content (AvgIpc) is 3.22. The Morgan fingerprint density at radius 2 is 1.93 bits per heavy atom. The minimum atomic E-state index is -3.55. The van der Waals surface area contributed by atoms with Gasteiger partial charge in [0.05, 0.1) is 37.7 Å². The van der Waals surface area contributed by atoms with Crippen molar-refractivity contribution in [2.24, 2.45) is 0 Å². The first-order chi connectivity index (χ1) is 13.9. The van der Waals surface area contributed by atoms with E-state index in [9.17, 15) is 8.42 Å². The summed E-state index contributed by atoms with van der Waals surface area (Å²) < 4.78 is 32.2. The van der Waals surface area contributed by atoms with Gasteiger partial charge in [-0.25, -0.2) is 13.4 Å². The number of hydrogen-bond donors (Lipinski definition) is 1. The van der Waals surface area contributed by atoms with Crippen LogP contribution in [0.25, 0.3) is 26.9 Å². The van der Waals surface area contributed by atoms with Crippen molar-refractivity contribution in [1.82, 2.24) is 9.97 Å². The molecule has 0 saturated carbocycles. The summed E-state index contributed by atoms with van der Waals surface area (Å²) in [6.45, 7) is 3.73. The first-order valence-electron chi connectivity index (χ1n) is 9.07. The number of benzene rings is 2. The standard InChI is InChI=1S/C21H17N3O3S2/c1-12(2)27-19-10-29(25,26)21-9-14-16(5-6-22-17(14)8-15(19)21)24-13-3-4-20-18(7-13)23-11-28-20/h3-12H,1-2H3,(H,22,24). The maximum atomic E-state index is 12.7. The summed E-state index contributed by atoms with van der Waals surface area (Å²) in [4.78, 5) is 9.03. The molecule has 2 aromatic carbocycles. The third-order valence-electron chi connectivity index (χ3n) is 4.65. The number of ether oxygens (including phenoxy) is 1. The number of nitrogens with zero attached hydrogens (tertiary/aromatic N) is 2. The summed E-state index contributed by atoms with van der Waals surface area (Å²) in [5, 5.41) is 5.30. The van der Waals surface area contributed by atoms with Gasteiger partial charge in [0, 0.05) is 28.5 Å². The van der Waals surface area contributed by atoms with Crippen molar-refractivity contribution in [3.8, 4) is 0 Å². The molecule has 1 aliphatic rings. The van der Waals surface area contributed by atoms with E-state index in [-0.39, 0.29) is 11.0 Å². The fourth-order valence-electron chi connectivity index (χ4n) is 3.41. The van der Waals surface area contributed by atoms with Crippen LogP contribution in [0.5, 0.6) is 0 Å². The van der Waals surface area contributed by atoms with Crippen molar-refractivity contribution in [1.29, 1.82) is 0 Å². The lowest BCUT2D eigenvalue weighted by Crippen LogP contribution is -2.01. The Morgan fingerprint density at radius 3 is 2.76 bits per heavy atom. The first kappa shape index (κ1) is 18.1. The number of pyridine rings is 1. The van der Waals surface area contributed by atoms with Crippen molar-refractivity contribution >= 4 is 59.4 Å². The summed E-state index contributed by atoms with van der Waals surface area (Å²) >= 11 is 1.59. The molecule has 0 fully saturated rings. The van der Waals surface area contributed by atoms with Gasteiger partial charge in [-0.05, 0) is 50.2 Å². The zero-order valence-corrected chi connectivity index (χ0v) is 17.3. The molecular formula is C21H17N3O3S2. The predicted molar refractivity (Wildman–Crippen MR) is 116 cm³/mol. The molecular weight excluding hydrogens is 406 g/mol. The van der Waals surface area contributed by atoms with Gasteiger partial charge in [0.1, 0.15) is 5.76 Å². The molecule has 0 bridgehead atoms. The van der Waals surface area contributed by atoms with Gasteiger partial charge in [-0.3, -0.25) is 4.98 Å². The smallest absolute Gasteiger partial charge is 0.204 e. The van der Waals surface area contributed by atoms with E-state index in [1.54, 1.807) is 29.7 Å². The van der Waals surface area contributed by atoms with Crippen LogP contribution in [-0.2, 0) is 14.6 Å². The number of thiazole rings is 1. The molecule has 0 spiro atoms. The van der Waals surface area contributed by atoms with Gasteiger partial charge in [-0.1, -0.05) is 0 Å². The summed E-state index contributed by atoms with van der Waals surface area (Å²) in [5.41, 5.74) is 5.64. The number of aromatic nitrogens is 2. The van der Waals surface area contributed by atoms with Crippen LogP contribution >= 0.6 is 11.3 Å². The minimum Gasteiger partial charge on any atom is -0.490 e. The number of rotatable bonds is 4. The van der Waals surface area contributed by atoms with E-state index in [4.69, 9.17) is 4.74 Å². The molecule has 0 amide bonds. The molecule has 0 aliphatic carbocycles. The molecule has 146 valence electrons. The molecule has 0 unspecified atom stereocenters. The molecule has 5 rings (SSSR count). The van der Waals surface area contributed by atoms with Crippen molar-refractivity contribution in [3.05, 3.63) is 59.1 Å². The molecule has 0 radical (unpaired) electrons. The molecule has 6 nitrogen and oxygen atoms in total. The lowest BCUT2D eigenvalue weighted by Gasteiger charge is -2.13. The van der Waals surface area contributed by atoms with Crippen LogP contribution in [0.3, 0.4) is 0 Å². The van der Waals surface area contributed by atoms with Gasteiger partial charge in [0.2, 0.25) is 9.84 Å². The molecule has 1 N–H and O–H groups in total. The van der Waals surface area contributed by atoms with Gasteiger partial charge < -0.3 is 10.1 Å². The second-order valence-corrected chi connectivity index (χ2v) is 9.73. The van der Waals surface area contributed by atoms with Gasteiger partial charge in [0.15, 0.2) is 0 Å².